The molecule has 0 bridgehead atoms. The maximum atomic E-state index is 11.3. The highest BCUT2D eigenvalue weighted by atomic mass is 35.7. The molecule has 0 aliphatic carbocycles. The van der Waals surface area contributed by atoms with Gasteiger partial charge >= 0.3 is 0 Å². The summed E-state index contributed by atoms with van der Waals surface area (Å²) in [5.41, 5.74) is 0. The zero-order valence-electron chi connectivity index (χ0n) is 9.89. The molecule has 0 atom stereocenters. The molecular formula is C9H16ClN3O3S. The molecule has 0 aliphatic rings. The van der Waals surface area contributed by atoms with Gasteiger partial charge in [-0.2, -0.15) is 0 Å². The van der Waals surface area contributed by atoms with Gasteiger partial charge < -0.3 is 4.74 Å². The van der Waals surface area contributed by atoms with Crippen LogP contribution in [0.3, 0.4) is 0 Å². The summed E-state index contributed by atoms with van der Waals surface area (Å²) in [7, 11) is 1.42. The van der Waals surface area contributed by atoms with Crippen LogP contribution in [0.15, 0.2) is 5.16 Å². The SMILES string of the molecule is CCCOCc1nnc(S(=O)(=O)Cl)n1CCC. The summed E-state index contributed by atoms with van der Waals surface area (Å²) in [6.45, 7) is 5.26. The van der Waals surface area contributed by atoms with Gasteiger partial charge in [0.2, 0.25) is 0 Å². The van der Waals surface area contributed by atoms with Crippen molar-refractivity contribution in [2.24, 2.45) is 0 Å². The fourth-order valence-electron chi connectivity index (χ4n) is 1.36. The number of hydrogen-bond donors (Lipinski definition) is 0. The molecule has 1 aromatic rings. The van der Waals surface area contributed by atoms with Crippen molar-refractivity contribution < 1.29 is 13.2 Å². The first kappa shape index (κ1) is 14.4. The number of aromatic nitrogens is 3. The van der Waals surface area contributed by atoms with Crippen LogP contribution in [-0.4, -0.2) is 29.8 Å². The van der Waals surface area contributed by atoms with Gasteiger partial charge in [-0.25, -0.2) is 8.42 Å². The molecule has 0 N–H and O–H groups in total. The maximum Gasteiger partial charge on any atom is 0.296 e. The highest BCUT2D eigenvalue weighted by Crippen LogP contribution is 2.15. The van der Waals surface area contributed by atoms with E-state index >= 15 is 0 Å². The highest BCUT2D eigenvalue weighted by molar-refractivity contribution is 8.13. The normalized spacial score (nSPS) is 11.9. The van der Waals surface area contributed by atoms with E-state index in [9.17, 15) is 8.42 Å². The molecule has 17 heavy (non-hydrogen) atoms. The molecule has 0 aliphatic heterocycles. The number of rotatable bonds is 7. The molecule has 0 aromatic carbocycles. The van der Waals surface area contributed by atoms with Gasteiger partial charge in [0.25, 0.3) is 14.2 Å². The Labute approximate surface area is 105 Å². The van der Waals surface area contributed by atoms with Crippen molar-refractivity contribution in [1.82, 2.24) is 14.8 Å². The minimum atomic E-state index is -3.86. The average molecular weight is 282 g/mol. The molecule has 0 unspecified atom stereocenters. The number of nitrogens with zero attached hydrogens (tertiary/aromatic N) is 3. The Morgan fingerprint density at radius 3 is 2.53 bits per heavy atom. The molecule has 0 saturated carbocycles. The van der Waals surface area contributed by atoms with Crippen LogP contribution in [0.4, 0.5) is 0 Å². The zero-order valence-corrected chi connectivity index (χ0v) is 11.5. The Morgan fingerprint density at radius 1 is 1.29 bits per heavy atom. The molecule has 1 aromatic heterocycles. The molecule has 1 rings (SSSR count). The minimum absolute atomic E-state index is 0.212. The van der Waals surface area contributed by atoms with Crippen LogP contribution in [0.1, 0.15) is 32.5 Å². The first-order valence-corrected chi connectivity index (χ1v) is 7.76. The van der Waals surface area contributed by atoms with Crippen LogP contribution < -0.4 is 0 Å². The standard InChI is InChI=1S/C9H16ClN3O3S/c1-3-5-13-8(7-16-6-4-2)11-12-9(13)17(10,14)15/h3-7H2,1-2H3. The molecule has 0 fully saturated rings. The number of ether oxygens (including phenoxy) is 1. The van der Waals surface area contributed by atoms with Gasteiger partial charge in [0, 0.05) is 23.8 Å². The van der Waals surface area contributed by atoms with Crippen LogP contribution in [-0.2, 0) is 26.9 Å². The average Bonchev–Trinajstić information content (AvgIpc) is 2.62. The third kappa shape index (κ3) is 3.93. The lowest BCUT2D eigenvalue weighted by molar-refractivity contribution is 0.113. The van der Waals surface area contributed by atoms with Gasteiger partial charge in [0.1, 0.15) is 6.61 Å². The molecule has 0 radical (unpaired) electrons. The van der Waals surface area contributed by atoms with Gasteiger partial charge in [-0.3, -0.25) is 4.57 Å². The van der Waals surface area contributed by atoms with Crippen LogP contribution in [0.25, 0.3) is 0 Å². The van der Waals surface area contributed by atoms with Crippen molar-refractivity contribution in [3.8, 4) is 0 Å². The molecule has 6 nitrogen and oxygen atoms in total. The summed E-state index contributed by atoms with van der Waals surface area (Å²) in [6.07, 6.45) is 1.65. The fourth-order valence-corrected chi connectivity index (χ4v) is 2.30. The number of hydrogen-bond acceptors (Lipinski definition) is 5. The lowest BCUT2D eigenvalue weighted by Crippen LogP contribution is -2.10. The van der Waals surface area contributed by atoms with E-state index in [1.807, 2.05) is 13.8 Å². The van der Waals surface area contributed by atoms with Crippen LogP contribution in [0.5, 0.6) is 0 Å². The van der Waals surface area contributed by atoms with Gasteiger partial charge in [-0.15, -0.1) is 10.2 Å². The van der Waals surface area contributed by atoms with Crippen molar-refractivity contribution in [2.75, 3.05) is 6.61 Å². The monoisotopic (exact) mass is 281 g/mol. The predicted molar refractivity (Wildman–Crippen MR) is 63.3 cm³/mol. The van der Waals surface area contributed by atoms with Gasteiger partial charge in [0.15, 0.2) is 5.82 Å². The largest absolute Gasteiger partial charge is 0.373 e. The molecular weight excluding hydrogens is 266 g/mol. The number of halogens is 1. The summed E-state index contributed by atoms with van der Waals surface area (Å²) >= 11 is 0. The van der Waals surface area contributed by atoms with Crippen molar-refractivity contribution >= 4 is 19.7 Å². The molecule has 0 amide bonds. The smallest absolute Gasteiger partial charge is 0.296 e. The lowest BCUT2D eigenvalue weighted by atomic mass is 10.4. The molecule has 1 heterocycles. The topological polar surface area (TPSA) is 74.1 Å². The maximum absolute atomic E-state index is 11.3. The summed E-state index contributed by atoms with van der Waals surface area (Å²) in [5.74, 6) is 0.486. The summed E-state index contributed by atoms with van der Waals surface area (Å²) < 4.78 is 29.4. The summed E-state index contributed by atoms with van der Waals surface area (Å²) in [4.78, 5) is 0. The molecule has 0 spiro atoms. The van der Waals surface area contributed by atoms with Crippen LogP contribution >= 0.6 is 10.7 Å². The Bertz CT molecular complexity index is 458. The second-order valence-electron chi connectivity index (χ2n) is 3.54. The quantitative estimate of drug-likeness (QED) is 0.560. The van der Waals surface area contributed by atoms with E-state index in [-0.39, 0.29) is 11.8 Å². The molecule has 0 saturated heterocycles. The minimum Gasteiger partial charge on any atom is -0.373 e. The van der Waals surface area contributed by atoms with Crippen molar-refractivity contribution in [3.63, 3.8) is 0 Å². The third-order valence-electron chi connectivity index (χ3n) is 2.04. The zero-order chi connectivity index (χ0) is 12.9. The van der Waals surface area contributed by atoms with E-state index in [1.165, 1.54) is 4.57 Å². The first-order valence-electron chi connectivity index (χ1n) is 5.45. The Balaban J connectivity index is 2.94. The Hall–Kier alpha value is -0.660. The fraction of sp³-hybridized carbons (Fsp3) is 0.778. The predicted octanol–water partition coefficient (Wildman–Crippen LogP) is 1.54. The molecule has 98 valence electrons. The summed E-state index contributed by atoms with van der Waals surface area (Å²) in [6, 6.07) is 0. The van der Waals surface area contributed by atoms with Gasteiger partial charge in [0.05, 0.1) is 0 Å². The third-order valence-corrected chi connectivity index (χ3v) is 3.19. The van der Waals surface area contributed by atoms with E-state index in [2.05, 4.69) is 10.2 Å². The van der Waals surface area contributed by atoms with E-state index in [0.717, 1.165) is 12.8 Å². The van der Waals surface area contributed by atoms with Gasteiger partial charge in [-0.05, 0) is 12.8 Å². The lowest BCUT2D eigenvalue weighted by Gasteiger charge is -2.07. The van der Waals surface area contributed by atoms with Crippen LogP contribution in [0.2, 0.25) is 0 Å². The van der Waals surface area contributed by atoms with E-state index < -0.39 is 9.05 Å². The highest BCUT2D eigenvalue weighted by Gasteiger charge is 2.21. The van der Waals surface area contributed by atoms with Crippen molar-refractivity contribution in [3.05, 3.63) is 5.82 Å². The van der Waals surface area contributed by atoms with Crippen LogP contribution in [0, 0.1) is 0 Å². The van der Waals surface area contributed by atoms with E-state index in [1.54, 1.807) is 0 Å². The van der Waals surface area contributed by atoms with Crippen molar-refractivity contribution in [1.29, 1.82) is 0 Å². The first-order chi connectivity index (χ1) is 8.00. The summed E-state index contributed by atoms with van der Waals surface area (Å²) in [5, 5.41) is 7.18. The van der Waals surface area contributed by atoms with Crippen molar-refractivity contribution in [2.45, 2.75) is 45.0 Å². The molecule has 8 heteroatoms. The Morgan fingerprint density at radius 2 is 2.00 bits per heavy atom. The van der Waals surface area contributed by atoms with E-state index in [4.69, 9.17) is 15.4 Å². The Kier molecular flexibility index (Phi) is 5.35. The van der Waals surface area contributed by atoms with E-state index in [0.29, 0.717) is 19.0 Å². The second-order valence-corrected chi connectivity index (χ2v) is 6.00. The van der Waals surface area contributed by atoms with Gasteiger partial charge in [-0.1, -0.05) is 13.8 Å². The second kappa shape index (κ2) is 6.32.